The van der Waals surface area contributed by atoms with Crippen molar-refractivity contribution < 1.29 is 19.8 Å². The maximum atomic E-state index is 10.4. The molecule has 1 aliphatic rings. The van der Waals surface area contributed by atoms with E-state index in [9.17, 15) is 9.59 Å². The summed E-state index contributed by atoms with van der Waals surface area (Å²) in [5, 5.41) is 16.4. The molecular weight excluding hydrogens is 140 g/mol. The molecular formula is C4H6O4Si. The Bertz CT molecular complexity index is 148. The van der Waals surface area contributed by atoms with Crippen molar-refractivity contribution in [3.8, 4) is 0 Å². The first kappa shape index (κ1) is 6.59. The van der Waals surface area contributed by atoms with Crippen LogP contribution in [0.2, 0.25) is 0 Å². The van der Waals surface area contributed by atoms with Gasteiger partial charge in [-0.2, -0.15) is 0 Å². The van der Waals surface area contributed by atoms with Crippen molar-refractivity contribution in [3.63, 3.8) is 0 Å². The van der Waals surface area contributed by atoms with Gasteiger partial charge in [0.2, 0.25) is 0 Å². The van der Waals surface area contributed by atoms with Crippen LogP contribution < -0.4 is 0 Å². The van der Waals surface area contributed by atoms with E-state index in [4.69, 9.17) is 10.2 Å². The number of aliphatic hydroxyl groups excluding tert-OH is 2. The molecule has 5 heteroatoms. The van der Waals surface area contributed by atoms with Crippen LogP contribution in [0.25, 0.3) is 0 Å². The summed E-state index contributed by atoms with van der Waals surface area (Å²) in [5.41, 5.74) is 0. The lowest BCUT2D eigenvalue weighted by Gasteiger charge is -2.01. The third kappa shape index (κ3) is 0.936. The van der Waals surface area contributed by atoms with Gasteiger partial charge in [-0.1, -0.05) is 0 Å². The Hall–Kier alpha value is -0.523. The monoisotopic (exact) mass is 146 g/mol. The Morgan fingerprint density at radius 3 is 1.56 bits per heavy atom. The van der Waals surface area contributed by atoms with Gasteiger partial charge in [-0.3, -0.25) is 0 Å². The predicted octanol–water partition coefficient (Wildman–Crippen LogP) is -3.06. The summed E-state index contributed by atoms with van der Waals surface area (Å²) in [6.45, 7) is 0. The van der Waals surface area contributed by atoms with Gasteiger partial charge in [0.25, 0.3) is 0 Å². The van der Waals surface area contributed by atoms with Crippen LogP contribution in [-0.4, -0.2) is 42.8 Å². The van der Waals surface area contributed by atoms with E-state index in [0.717, 1.165) is 0 Å². The third-order valence-corrected chi connectivity index (χ3v) is 2.84. The fourth-order valence-electron chi connectivity index (χ4n) is 0.733. The van der Waals surface area contributed by atoms with Gasteiger partial charge in [0.1, 0.15) is 23.0 Å². The highest BCUT2D eigenvalue weighted by molar-refractivity contribution is 7.00. The van der Waals surface area contributed by atoms with E-state index < -0.39 is 32.5 Å². The molecule has 1 saturated heterocycles. The molecule has 1 heterocycles. The first-order valence-corrected chi connectivity index (χ1v) is 3.96. The molecule has 1 aliphatic heterocycles. The molecule has 50 valence electrons. The van der Waals surface area contributed by atoms with Crippen LogP contribution in [0.4, 0.5) is 0 Å². The van der Waals surface area contributed by atoms with Crippen molar-refractivity contribution in [1.29, 1.82) is 0 Å². The zero-order valence-corrected chi connectivity index (χ0v) is 5.99. The fourth-order valence-corrected chi connectivity index (χ4v) is 1.94. The quantitative estimate of drug-likeness (QED) is 0.356. The highest BCUT2D eigenvalue weighted by Gasteiger charge is 2.38. The van der Waals surface area contributed by atoms with E-state index in [1.54, 1.807) is 0 Å². The van der Waals surface area contributed by atoms with Crippen molar-refractivity contribution in [1.82, 2.24) is 0 Å². The molecule has 2 N–H and O–H groups in total. The minimum absolute atomic E-state index is 0.451. The van der Waals surface area contributed by atoms with Gasteiger partial charge in [0, 0.05) is 0 Å². The lowest BCUT2D eigenvalue weighted by atomic mass is 10.2. The Morgan fingerprint density at radius 2 is 1.44 bits per heavy atom. The average molecular weight is 146 g/mol. The first-order valence-electron chi connectivity index (χ1n) is 2.54. The summed E-state index contributed by atoms with van der Waals surface area (Å²) in [6, 6.07) is 0. The molecule has 1 rings (SSSR count). The van der Waals surface area contributed by atoms with Crippen LogP contribution in [0, 0.1) is 0 Å². The molecule has 0 aromatic rings. The van der Waals surface area contributed by atoms with Crippen molar-refractivity contribution in [2.24, 2.45) is 0 Å². The molecule has 2 atom stereocenters. The molecule has 4 nitrogen and oxygen atoms in total. The molecule has 0 aromatic heterocycles. The first-order chi connectivity index (χ1) is 4.13. The van der Waals surface area contributed by atoms with Gasteiger partial charge >= 0.3 is 0 Å². The summed E-state index contributed by atoms with van der Waals surface area (Å²) < 4.78 is 0. The SMILES string of the molecule is O=C1[SiH2]C(=O)C(O)C1O. The zero-order valence-electron chi connectivity index (χ0n) is 4.57. The minimum Gasteiger partial charge on any atom is -0.383 e. The predicted molar refractivity (Wildman–Crippen MR) is 30.6 cm³/mol. The number of hydrogen-bond acceptors (Lipinski definition) is 4. The molecule has 0 bridgehead atoms. The van der Waals surface area contributed by atoms with Crippen molar-refractivity contribution >= 4 is 20.3 Å². The van der Waals surface area contributed by atoms with Crippen LogP contribution in [-0.2, 0) is 9.59 Å². The second-order valence-corrected chi connectivity index (χ2v) is 3.75. The summed E-state index contributed by atoms with van der Waals surface area (Å²) in [5.74, 6) is 0. The Balaban J connectivity index is 2.77. The lowest BCUT2D eigenvalue weighted by Crippen LogP contribution is -2.27. The Labute approximate surface area is 53.3 Å². The summed E-state index contributed by atoms with van der Waals surface area (Å²) in [4.78, 5) is 20.9. The maximum Gasteiger partial charge on any atom is 0.185 e. The number of hydrogen-bond donors (Lipinski definition) is 2. The van der Waals surface area contributed by atoms with E-state index in [-0.39, 0.29) is 0 Å². The van der Waals surface area contributed by atoms with Crippen LogP contribution in [0.1, 0.15) is 0 Å². The van der Waals surface area contributed by atoms with Gasteiger partial charge in [0.05, 0.1) is 0 Å². The van der Waals surface area contributed by atoms with Crippen LogP contribution in [0.5, 0.6) is 0 Å². The Kier molecular flexibility index (Phi) is 1.48. The number of rotatable bonds is 0. The topological polar surface area (TPSA) is 74.6 Å². The smallest absolute Gasteiger partial charge is 0.185 e. The largest absolute Gasteiger partial charge is 0.383 e. The average Bonchev–Trinajstić information content (AvgIpc) is 1.98. The number of carbonyl (C=O) groups excluding carboxylic acids is 2. The van der Waals surface area contributed by atoms with E-state index in [1.807, 2.05) is 0 Å². The summed E-state index contributed by atoms with van der Waals surface area (Å²) >= 11 is 0. The standard InChI is InChI=1S/C4H6O4Si/c5-1-2(6)4(8)9-3(1)7/h1-2,5-6H,9H2. The summed E-state index contributed by atoms with van der Waals surface area (Å²) in [7, 11) is -1.48. The second-order valence-electron chi connectivity index (χ2n) is 2.00. The fraction of sp³-hybridized carbons (Fsp3) is 0.500. The van der Waals surface area contributed by atoms with Gasteiger partial charge in [-0.15, -0.1) is 0 Å². The van der Waals surface area contributed by atoms with E-state index in [0.29, 0.717) is 0 Å². The number of aliphatic hydroxyl groups is 2. The van der Waals surface area contributed by atoms with Crippen molar-refractivity contribution in [2.45, 2.75) is 12.2 Å². The third-order valence-electron chi connectivity index (χ3n) is 1.31. The lowest BCUT2D eigenvalue weighted by molar-refractivity contribution is -0.129. The van der Waals surface area contributed by atoms with Gasteiger partial charge in [-0.05, 0) is 0 Å². The van der Waals surface area contributed by atoms with E-state index in [2.05, 4.69) is 0 Å². The molecule has 0 radical (unpaired) electrons. The molecule has 0 amide bonds. The molecule has 0 aromatic carbocycles. The highest BCUT2D eigenvalue weighted by atomic mass is 28.2. The Morgan fingerprint density at radius 1 is 1.11 bits per heavy atom. The van der Waals surface area contributed by atoms with E-state index >= 15 is 0 Å². The molecule has 9 heavy (non-hydrogen) atoms. The zero-order chi connectivity index (χ0) is 7.02. The van der Waals surface area contributed by atoms with Crippen molar-refractivity contribution in [2.75, 3.05) is 0 Å². The van der Waals surface area contributed by atoms with Crippen LogP contribution >= 0.6 is 0 Å². The van der Waals surface area contributed by atoms with Crippen LogP contribution in [0.3, 0.4) is 0 Å². The van der Waals surface area contributed by atoms with Gasteiger partial charge in [-0.25, -0.2) is 0 Å². The van der Waals surface area contributed by atoms with Gasteiger partial charge in [0.15, 0.2) is 9.52 Å². The molecule has 0 saturated carbocycles. The molecule has 2 unspecified atom stereocenters. The normalized spacial score (nSPS) is 38.4. The maximum absolute atomic E-state index is 10.4. The minimum atomic E-state index is -1.48. The highest BCUT2D eigenvalue weighted by Crippen LogP contribution is 2.03. The molecule has 0 spiro atoms. The van der Waals surface area contributed by atoms with Crippen LogP contribution in [0.15, 0.2) is 0 Å². The number of carbonyl (C=O) groups is 2. The van der Waals surface area contributed by atoms with Crippen molar-refractivity contribution in [3.05, 3.63) is 0 Å². The van der Waals surface area contributed by atoms with E-state index in [1.165, 1.54) is 0 Å². The summed E-state index contributed by atoms with van der Waals surface area (Å²) in [6.07, 6.45) is -2.83. The second kappa shape index (κ2) is 2.01. The van der Waals surface area contributed by atoms with Gasteiger partial charge < -0.3 is 19.8 Å². The molecule has 0 aliphatic carbocycles. The molecule has 1 fully saturated rings.